The second-order valence-electron chi connectivity index (χ2n) is 4.07. The summed E-state index contributed by atoms with van der Waals surface area (Å²) >= 11 is 3.29. The highest BCUT2D eigenvalue weighted by molar-refractivity contribution is 7.98. The van der Waals surface area contributed by atoms with Crippen molar-refractivity contribution in [3.8, 4) is 0 Å². The number of aliphatic hydroxyl groups is 1. The summed E-state index contributed by atoms with van der Waals surface area (Å²) < 4.78 is 36.1. The third-order valence-electron chi connectivity index (χ3n) is 2.68. The molecular weight excluding hydrogens is 269 g/mol. The molecule has 0 aliphatic carbocycles. The summed E-state index contributed by atoms with van der Waals surface area (Å²) in [6.45, 7) is 0. The van der Waals surface area contributed by atoms with Crippen LogP contribution in [0.5, 0.6) is 0 Å². The Kier molecular flexibility index (Phi) is 4.05. The van der Waals surface area contributed by atoms with Crippen LogP contribution in [0.1, 0.15) is 34.3 Å². The number of rotatable bonds is 3. The smallest absolute Gasteiger partial charge is 0.388 e. The second-order valence-corrected chi connectivity index (χ2v) is 6.34. The zero-order chi connectivity index (χ0) is 12.5. The summed E-state index contributed by atoms with van der Waals surface area (Å²) in [5.74, 6) is 1.98. The molecule has 2 rings (SSSR count). The molecule has 0 fully saturated rings. The molecule has 1 aromatic rings. The topological polar surface area (TPSA) is 20.2 Å². The third-order valence-corrected chi connectivity index (χ3v) is 5.02. The van der Waals surface area contributed by atoms with E-state index < -0.39 is 18.7 Å². The maximum absolute atomic E-state index is 12.0. The first-order chi connectivity index (χ1) is 7.96. The Hall–Kier alpha value is -0.200. The molecular formula is C11H13F3OS2. The molecule has 1 aromatic heterocycles. The van der Waals surface area contributed by atoms with Gasteiger partial charge in [0.1, 0.15) is 0 Å². The van der Waals surface area contributed by atoms with E-state index in [0.29, 0.717) is 4.88 Å². The van der Waals surface area contributed by atoms with Crippen molar-refractivity contribution < 1.29 is 18.3 Å². The Labute approximate surface area is 106 Å². The SMILES string of the molecule is OC(CCC(F)(F)F)c1cc2c(s1)CCSC2. The Morgan fingerprint density at radius 3 is 2.82 bits per heavy atom. The van der Waals surface area contributed by atoms with Gasteiger partial charge >= 0.3 is 6.18 Å². The van der Waals surface area contributed by atoms with Gasteiger partial charge in [0.25, 0.3) is 0 Å². The van der Waals surface area contributed by atoms with Crippen molar-refractivity contribution in [1.29, 1.82) is 0 Å². The molecule has 0 spiro atoms. The first kappa shape index (κ1) is 13.2. The standard InChI is InChI=1S/C11H13F3OS2/c12-11(13,14)3-1-8(15)10-5-7-6-16-4-2-9(7)17-10/h5,8,15H,1-4,6H2. The lowest BCUT2D eigenvalue weighted by atomic mass is 10.1. The van der Waals surface area contributed by atoms with E-state index in [1.807, 2.05) is 17.8 Å². The molecule has 1 nitrogen and oxygen atoms in total. The van der Waals surface area contributed by atoms with Gasteiger partial charge in [0, 0.05) is 21.9 Å². The number of hydrogen-bond acceptors (Lipinski definition) is 3. The van der Waals surface area contributed by atoms with Gasteiger partial charge < -0.3 is 5.11 Å². The normalized spacial score (nSPS) is 17.9. The van der Waals surface area contributed by atoms with Gasteiger partial charge in [0.2, 0.25) is 0 Å². The number of hydrogen-bond donors (Lipinski definition) is 1. The van der Waals surface area contributed by atoms with Gasteiger partial charge in [-0.25, -0.2) is 0 Å². The average Bonchev–Trinajstić information content (AvgIpc) is 2.68. The van der Waals surface area contributed by atoms with E-state index in [9.17, 15) is 18.3 Å². The van der Waals surface area contributed by atoms with Crippen LogP contribution in [0.25, 0.3) is 0 Å². The minimum Gasteiger partial charge on any atom is -0.388 e. The van der Waals surface area contributed by atoms with Gasteiger partial charge in [0.15, 0.2) is 0 Å². The third kappa shape index (κ3) is 3.63. The minimum absolute atomic E-state index is 0.240. The fraction of sp³-hybridized carbons (Fsp3) is 0.636. The largest absolute Gasteiger partial charge is 0.389 e. The zero-order valence-electron chi connectivity index (χ0n) is 9.09. The minimum atomic E-state index is -4.19. The fourth-order valence-electron chi connectivity index (χ4n) is 1.78. The van der Waals surface area contributed by atoms with Gasteiger partial charge in [-0.3, -0.25) is 0 Å². The molecule has 0 amide bonds. The lowest BCUT2D eigenvalue weighted by Gasteiger charge is -2.10. The zero-order valence-corrected chi connectivity index (χ0v) is 10.7. The Balaban J connectivity index is 1.99. The van der Waals surface area contributed by atoms with Crippen molar-refractivity contribution >= 4 is 23.1 Å². The molecule has 0 saturated heterocycles. The summed E-state index contributed by atoms with van der Waals surface area (Å²) in [4.78, 5) is 1.91. The van der Waals surface area contributed by atoms with Crippen LogP contribution in [0.3, 0.4) is 0 Å². The lowest BCUT2D eigenvalue weighted by Crippen LogP contribution is -2.09. The van der Waals surface area contributed by atoms with Gasteiger partial charge in [-0.15, -0.1) is 11.3 Å². The number of aryl methyl sites for hydroxylation is 1. The maximum atomic E-state index is 12.0. The van der Waals surface area contributed by atoms with Gasteiger partial charge in [-0.1, -0.05) is 0 Å². The van der Waals surface area contributed by atoms with E-state index >= 15 is 0 Å². The molecule has 1 unspecified atom stereocenters. The predicted octanol–water partition coefficient (Wildman–Crippen LogP) is 3.91. The van der Waals surface area contributed by atoms with Crippen LogP contribution in [0, 0.1) is 0 Å². The summed E-state index contributed by atoms with van der Waals surface area (Å²) in [5.41, 5.74) is 1.19. The van der Waals surface area contributed by atoms with Crippen LogP contribution >= 0.6 is 23.1 Å². The van der Waals surface area contributed by atoms with E-state index in [1.165, 1.54) is 21.8 Å². The number of thiophene rings is 1. The molecule has 17 heavy (non-hydrogen) atoms. The summed E-state index contributed by atoms with van der Waals surface area (Å²) in [6, 6.07) is 1.87. The van der Waals surface area contributed by atoms with Crippen molar-refractivity contribution in [2.24, 2.45) is 0 Å². The molecule has 6 heteroatoms. The van der Waals surface area contributed by atoms with Crippen LogP contribution in [-0.4, -0.2) is 17.0 Å². The fourth-order valence-corrected chi connectivity index (χ4v) is 4.17. The lowest BCUT2D eigenvalue weighted by molar-refractivity contribution is -0.140. The van der Waals surface area contributed by atoms with Crippen LogP contribution in [-0.2, 0) is 12.2 Å². The van der Waals surface area contributed by atoms with Crippen molar-refractivity contribution in [2.45, 2.75) is 37.3 Å². The van der Waals surface area contributed by atoms with Gasteiger partial charge in [0.05, 0.1) is 6.10 Å². The van der Waals surface area contributed by atoms with E-state index in [-0.39, 0.29) is 6.42 Å². The van der Waals surface area contributed by atoms with E-state index in [4.69, 9.17) is 0 Å². The first-order valence-electron chi connectivity index (χ1n) is 5.40. The molecule has 0 aromatic carbocycles. The molecule has 2 heterocycles. The quantitative estimate of drug-likeness (QED) is 0.907. The highest BCUT2D eigenvalue weighted by Crippen LogP contribution is 2.36. The van der Waals surface area contributed by atoms with Crippen LogP contribution in [0.2, 0.25) is 0 Å². The number of fused-ring (bicyclic) bond motifs is 1. The number of thioether (sulfide) groups is 1. The molecule has 0 radical (unpaired) electrons. The number of alkyl halides is 3. The molecule has 0 bridgehead atoms. The molecule has 1 aliphatic rings. The van der Waals surface area contributed by atoms with E-state index in [0.717, 1.165) is 17.9 Å². The maximum Gasteiger partial charge on any atom is 0.389 e. The molecule has 1 N–H and O–H groups in total. The molecule has 1 aliphatic heterocycles. The van der Waals surface area contributed by atoms with Crippen molar-refractivity contribution in [1.82, 2.24) is 0 Å². The monoisotopic (exact) mass is 282 g/mol. The van der Waals surface area contributed by atoms with Crippen molar-refractivity contribution in [2.75, 3.05) is 5.75 Å². The average molecular weight is 282 g/mol. The number of halogens is 3. The van der Waals surface area contributed by atoms with Crippen molar-refractivity contribution in [3.63, 3.8) is 0 Å². The summed E-state index contributed by atoms with van der Waals surface area (Å²) in [6.07, 6.45) is -5.36. The highest BCUT2D eigenvalue weighted by Gasteiger charge is 2.29. The van der Waals surface area contributed by atoms with E-state index in [2.05, 4.69) is 0 Å². The van der Waals surface area contributed by atoms with Gasteiger partial charge in [-0.2, -0.15) is 24.9 Å². The van der Waals surface area contributed by atoms with Crippen LogP contribution in [0.15, 0.2) is 6.07 Å². The van der Waals surface area contributed by atoms with Crippen molar-refractivity contribution in [3.05, 3.63) is 21.4 Å². The first-order valence-corrected chi connectivity index (χ1v) is 7.37. The molecule has 96 valence electrons. The van der Waals surface area contributed by atoms with Crippen LogP contribution < -0.4 is 0 Å². The number of aliphatic hydroxyl groups excluding tert-OH is 1. The highest BCUT2D eigenvalue weighted by atomic mass is 32.2. The Morgan fingerprint density at radius 2 is 2.18 bits per heavy atom. The predicted molar refractivity (Wildman–Crippen MR) is 64.4 cm³/mol. The van der Waals surface area contributed by atoms with E-state index in [1.54, 1.807) is 0 Å². The van der Waals surface area contributed by atoms with Crippen LogP contribution in [0.4, 0.5) is 13.2 Å². The summed E-state index contributed by atoms with van der Waals surface area (Å²) in [5, 5.41) is 9.74. The second kappa shape index (κ2) is 5.20. The van der Waals surface area contributed by atoms with Gasteiger partial charge in [-0.05, 0) is 30.2 Å². The molecule has 1 atom stereocenters. The Morgan fingerprint density at radius 1 is 1.41 bits per heavy atom. The molecule has 0 saturated carbocycles. The summed E-state index contributed by atoms with van der Waals surface area (Å²) in [7, 11) is 0. The Bertz CT molecular complexity index is 363.